The summed E-state index contributed by atoms with van der Waals surface area (Å²) in [5.41, 5.74) is -2.12. The van der Waals surface area contributed by atoms with E-state index in [9.17, 15) is 36.6 Å². The van der Waals surface area contributed by atoms with E-state index >= 15 is 4.79 Å². The molecule has 3 N–H and O–H groups in total. The monoisotopic (exact) mass is 714 g/mol. The molecule has 1 fully saturated rings. The second-order valence-corrected chi connectivity index (χ2v) is 13.7. The summed E-state index contributed by atoms with van der Waals surface area (Å²) in [6, 6.07) is 9.67. The number of methoxy groups -OCH3 is 2. The Morgan fingerprint density at radius 3 is 2.40 bits per heavy atom. The molecular weight excluding hydrogens is 683 g/mol. The van der Waals surface area contributed by atoms with Crippen LogP contribution in [-0.2, 0) is 31.8 Å². The average Bonchev–Trinajstić information content (AvgIpc) is 3.49. The number of carbonyl (C=O) groups is 2. The minimum absolute atomic E-state index is 0.0158. The quantitative estimate of drug-likeness (QED) is 0.284. The van der Waals surface area contributed by atoms with Crippen molar-refractivity contribution in [3.05, 3.63) is 76.3 Å². The molecule has 48 heavy (non-hydrogen) atoms. The molecule has 1 saturated heterocycles. The Morgan fingerprint density at radius 1 is 1.08 bits per heavy atom. The van der Waals surface area contributed by atoms with E-state index in [1.807, 2.05) is 0 Å². The predicted octanol–water partition coefficient (Wildman–Crippen LogP) is 3.05. The molecule has 3 aromatic carbocycles. The molecule has 4 atom stereocenters. The van der Waals surface area contributed by atoms with Gasteiger partial charge in [0.25, 0.3) is 15.9 Å². The SMILES string of the molecule is CNC(=O)[C@@H]1C[C@@H](O)C[N+]1(C)C1(c2ccc(CO)cc2OC)C(=O)N(S(=O)(=O)c2ccc(OC)cc2OC(F)(F)F)c2ccc(Cl)cc21. The maximum absolute atomic E-state index is 15.4. The van der Waals surface area contributed by atoms with Crippen LogP contribution < -0.4 is 23.8 Å². The number of carbonyl (C=O) groups excluding carboxylic acids is 2. The van der Waals surface area contributed by atoms with Crippen LogP contribution in [-0.4, -0.2) is 88.3 Å². The van der Waals surface area contributed by atoms with E-state index in [0.29, 0.717) is 9.87 Å². The Bertz CT molecular complexity index is 1890. The topological polar surface area (TPSA) is 152 Å². The van der Waals surface area contributed by atoms with Crippen LogP contribution in [0.5, 0.6) is 17.2 Å². The van der Waals surface area contributed by atoms with E-state index in [-0.39, 0.29) is 46.3 Å². The van der Waals surface area contributed by atoms with Gasteiger partial charge in [-0.15, -0.1) is 13.2 Å². The number of hydrogen-bond acceptors (Lipinski definition) is 9. The number of aliphatic hydroxyl groups is 2. The summed E-state index contributed by atoms with van der Waals surface area (Å²) in [7, 11) is 0.0493. The van der Waals surface area contributed by atoms with Crippen molar-refractivity contribution in [2.24, 2.45) is 0 Å². The lowest BCUT2D eigenvalue weighted by Crippen LogP contribution is -2.69. The third-order valence-corrected chi connectivity index (χ3v) is 10.9. The molecule has 2 unspecified atom stereocenters. The van der Waals surface area contributed by atoms with E-state index in [2.05, 4.69) is 10.1 Å². The second kappa shape index (κ2) is 12.4. The zero-order chi connectivity index (χ0) is 35.4. The number of sulfonamides is 1. The standard InChI is InChI=1S/C31H31ClF3N3O9S/c1-36-28(41)24-13-19(40)15-38(24,2)30(21-8-5-17(16-39)11-25(21)46-4)22-12-18(32)6-9-23(22)37(29(30)42)48(43,44)27-10-7-20(45-3)14-26(27)47-31(33,34)35/h5-12,14,19,24,39-40H,13,15-16H2,1-4H3/p+1/t19-,24+,30?,38?/m1/s1. The van der Waals surface area contributed by atoms with Crippen LogP contribution >= 0.6 is 11.6 Å². The lowest BCUT2D eigenvalue weighted by Gasteiger charge is -2.48. The van der Waals surface area contributed by atoms with Gasteiger partial charge in [-0.05, 0) is 48.0 Å². The Kier molecular flexibility index (Phi) is 9.11. The molecule has 3 aromatic rings. The number of halogens is 4. The number of aliphatic hydroxyl groups excluding tert-OH is 2. The van der Waals surface area contributed by atoms with Gasteiger partial charge in [0.05, 0.1) is 44.7 Å². The number of rotatable bonds is 9. The summed E-state index contributed by atoms with van der Waals surface area (Å²) < 4.78 is 84.4. The largest absolute Gasteiger partial charge is 0.573 e. The van der Waals surface area contributed by atoms with Gasteiger partial charge in [-0.3, -0.25) is 14.1 Å². The fourth-order valence-electron chi connectivity index (χ4n) is 6.91. The number of likely N-dealkylation sites (tertiary alicyclic amines) is 1. The van der Waals surface area contributed by atoms with Gasteiger partial charge < -0.3 is 29.7 Å². The summed E-state index contributed by atoms with van der Waals surface area (Å²) in [5.74, 6) is -3.08. The molecule has 0 aromatic heterocycles. The highest BCUT2D eigenvalue weighted by molar-refractivity contribution is 7.93. The molecule has 12 nitrogen and oxygen atoms in total. The first-order valence-electron chi connectivity index (χ1n) is 14.4. The number of ether oxygens (including phenoxy) is 3. The maximum atomic E-state index is 15.4. The third-order valence-electron chi connectivity index (χ3n) is 8.88. The number of nitrogens with zero attached hydrogens (tertiary/aromatic N) is 2. The van der Waals surface area contributed by atoms with E-state index in [0.717, 1.165) is 25.3 Å². The summed E-state index contributed by atoms with van der Waals surface area (Å²) in [6.45, 7) is -0.675. The highest BCUT2D eigenvalue weighted by atomic mass is 35.5. The van der Waals surface area contributed by atoms with Crippen LogP contribution in [0.4, 0.5) is 18.9 Å². The Balaban J connectivity index is 1.91. The summed E-state index contributed by atoms with van der Waals surface area (Å²) in [5, 5.41) is 23.5. The number of anilines is 1. The number of quaternary nitrogens is 1. The van der Waals surface area contributed by atoms with Gasteiger partial charge in [0.15, 0.2) is 11.8 Å². The number of alkyl halides is 3. The second-order valence-electron chi connectivity index (χ2n) is 11.5. The summed E-state index contributed by atoms with van der Waals surface area (Å²) >= 11 is 6.49. The van der Waals surface area contributed by atoms with E-state index in [1.54, 1.807) is 0 Å². The van der Waals surface area contributed by atoms with Crippen LogP contribution in [0.1, 0.15) is 23.1 Å². The first-order chi connectivity index (χ1) is 22.5. The van der Waals surface area contributed by atoms with Crippen LogP contribution in [0.15, 0.2) is 59.5 Å². The number of nitrogens with one attached hydrogen (secondary N) is 1. The van der Waals surface area contributed by atoms with Crippen molar-refractivity contribution in [2.75, 3.05) is 39.2 Å². The summed E-state index contributed by atoms with van der Waals surface area (Å²) in [6.07, 6.45) is -6.60. The molecule has 5 rings (SSSR count). The van der Waals surface area contributed by atoms with Crippen molar-refractivity contribution in [1.82, 2.24) is 5.32 Å². The number of hydrogen-bond donors (Lipinski definition) is 3. The lowest BCUT2D eigenvalue weighted by molar-refractivity contribution is -0.953. The van der Waals surface area contributed by atoms with Gasteiger partial charge in [0.1, 0.15) is 29.0 Å². The Hall–Kier alpha value is -4.09. The van der Waals surface area contributed by atoms with E-state index in [1.165, 1.54) is 57.6 Å². The minimum Gasteiger partial charge on any atom is -0.497 e. The molecule has 258 valence electrons. The number of fused-ring (bicyclic) bond motifs is 1. The van der Waals surface area contributed by atoms with Crippen molar-refractivity contribution < 1.29 is 60.1 Å². The van der Waals surface area contributed by atoms with Gasteiger partial charge in [-0.2, -0.15) is 4.31 Å². The highest BCUT2D eigenvalue weighted by Crippen LogP contribution is 2.58. The van der Waals surface area contributed by atoms with Crippen molar-refractivity contribution >= 4 is 39.1 Å². The van der Waals surface area contributed by atoms with Crippen molar-refractivity contribution in [1.29, 1.82) is 0 Å². The van der Waals surface area contributed by atoms with Crippen LogP contribution in [0, 0.1) is 0 Å². The Labute approximate surface area is 278 Å². The van der Waals surface area contributed by atoms with Crippen molar-refractivity contribution in [3.63, 3.8) is 0 Å². The van der Waals surface area contributed by atoms with Crippen molar-refractivity contribution in [3.8, 4) is 17.2 Å². The van der Waals surface area contributed by atoms with Gasteiger partial charge in [0, 0.05) is 24.6 Å². The van der Waals surface area contributed by atoms with Gasteiger partial charge >= 0.3 is 12.3 Å². The molecule has 0 spiro atoms. The smallest absolute Gasteiger partial charge is 0.497 e. The van der Waals surface area contributed by atoms with Gasteiger partial charge in [-0.1, -0.05) is 17.7 Å². The first-order valence-corrected chi connectivity index (χ1v) is 16.2. The normalized spacial score (nSPS) is 24.0. The number of amides is 2. The highest BCUT2D eigenvalue weighted by Gasteiger charge is 2.72. The summed E-state index contributed by atoms with van der Waals surface area (Å²) in [4.78, 5) is 27.9. The maximum Gasteiger partial charge on any atom is 0.573 e. The molecule has 2 aliphatic rings. The molecule has 0 aliphatic carbocycles. The minimum atomic E-state index is -5.33. The molecule has 17 heteroatoms. The molecule has 2 aliphatic heterocycles. The molecule has 2 heterocycles. The van der Waals surface area contributed by atoms with Crippen LogP contribution in [0.3, 0.4) is 0 Å². The van der Waals surface area contributed by atoms with E-state index < -0.39 is 67.6 Å². The third kappa shape index (κ3) is 5.41. The van der Waals surface area contributed by atoms with Crippen LogP contribution in [0.2, 0.25) is 5.02 Å². The molecule has 0 bridgehead atoms. The zero-order valence-corrected chi connectivity index (χ0v) is 27.6. The zero-order valence-electron chi connectivity index (χ0n) is 26.0. The molecule has 0 saturated carbocycles. The van der Waals surface area contributed by atoms with E-state index in [4.69, 9.17) is 21.1 Å². The number of benzene rings is 3. The number of likely N-dealkylation sites (N-methyl/N-ethyl adjacent to an activating group) is 2. The lowest BCUT2D eigenvalue weighted by atomic mass is 9.78. The molecular formula is C31H32ClF3N3O9S+. The Morgan fingerprint density at radius 2 is 1.79 bits per heavy atom. The fraction of sp³-hybridized carbons (Fsp3) is 0.355. The van der Waals surface area contributed by atoms with Gasteiger partial charge in [-0.25, -0.2) is 8.42 Å². The molecule has 0 radical (unpaired) electrons. The average molecular weight is 715 g/mol. The van der Waals surface area contributed by atoms with Gasteiger partial charge in [0.2, 0.25) is 5.54 Å². The molecule has 2 amide bonds. The predicted molar refractivity (Wildman–Crippen MR) is 165 cm³/mol. The van der Waals surface area contributed by atoms with Crippen molar-refractivity contribution in [2.45, 2.75) is 42.0 Å². The first kappa shape index (κ1) is 35.2. The fourth-order valence-corrected chi connectivity index (χ4v) is 8.64. The van der Waals surface area contributed by atoms with Crippen LogP contribution in [0.25, 0.3) is 0 Å².